The molecule has 19 heavy (non-hydrogen) atoms. The average Bonchev–Trinajstić information content (AvgIpc) is 2.91. The number of ether oxygens (including phenoxy) is 1. The Hall–Kier alpha value is -2.27. The van der Waals surface area contributed by atoms with Gasteiger partial charge in [0.2, 0.25) is 0 Å². The molecular weight excluding hydrogens is 258 g/mol. The Morgan fingerprint density at radius 1 is 1.21 bits per heavy atom. The van der Waals surface area contributed by atoms with Gasteiger partial charge < -0.3 is 9.84 Å². The Balaban J connectivity index is 2.02. The zero-order valence-electron chi connectivity index (χ0n) is 10.1. The third-order valence-corrected chi connectivity index (χ3v) is 3.30. The molecule has 1 aromatic heterocycles. The van der Waals surface area contributed by atoms with Crippen molar-refractivity contribution in [2.45, 2.75) is 6.61 Å². The summed E-state index contributed by atoms with van der Waals surface area (Å²) >= 11 is 1.57. The van der Waals surface area contributed by atoms with E-state index in [4.69, 9.17) is 15.1 Å². The topological polar surface area (TPSA) is 53.2 Å². The van der Waals surface area contributed by atoms with Gasteiger partial charge >= 0.3 is 0 Å². The zero-order valence-corrected chi connectivity index (χ0v) is 10.9. The summed E-state index contributed by atoms with van der Waals surface area (Å²) in [6.07, 6.45) is 0. The number of nitriles is 1. The lowest BCUT2D eigenvalue weighted by atomic mass is 10.2. The highest BCUT2D eigenvalue weighted by Crippen LogP contribution is 2.19. The Morgan fingerprint density at radius 2 is 2.00 bits per heavy atom. The molecular formula is C15H11NO2S. The molecule has 0 aliphatic rings. The van der Waals surface area contributed by atoms with E-state index in [1.165, 1.54) is 0 Å². The molecule has 1 aromatic carbocycles. The molecule has 1 N–H and O–H groups in total. The average molecular weight is 269 g/mol. The maximum atomic E-state index is 8.70. The summed E-state index contributed by atoms with van der Waals surface area (Å²) in [5.74, 6) is 6.23. The van der Waals surface area contributed by atoms with Crippen LogP contribution in [0, 0.1) is 23.2 Å². The summed E-state index contributed by atoms with van der Waals surface area (Å²) in [5.41, 5.74) is 1.49. The first-order valence-corrected chi connectivity index (χ1v) is 6.50. The van der Waals surface area contributed by atoms with Crippen LogP contribution in [0.5, 0.6) is 5.75 Å². The van der Waals surface area contributed by atoms with Gasteiger partial charge in [-0.3, -0.25) is 0 Å². The molecule has 4 heteroatoms. The molecule has 0 aliphatic heterocycles. The second-order valence-corrected chi connectivity index (χ2v) is 4.64. The van der Waals surface area contributed by atoms with Crippen molar-refractivity contribution in [3.63, 3.8) is 0 Å². The zero-order chi connectivity index (χ0) is 13.5. The Labute approximate surface area is 115 Å². The molecule has 0 amide bonds. The molecule has 2 rings (SSSR count). The van der Waals surface area contributed by atoms with Crippen LogP contribution in [0.25, 0.3) is 0 Å². The lowest BCUT2D eigenvalue weighted by Crippen LogP contribution is -1.95. The molecule has 2 aromatic rings. The monoisotopic (exact) mass is 269 g/mol. The fraction of sp³-hybridized carbons (Fsp3) is 0.133. The van der Waals surface area contributed by atoms with Crippen LogP contribution >= 0.6 is 11.3 Å². The summed E-state index contributed by atoms with van der Waals surface area (Å²) in [6, 6.07) is 10.9. The molecule has 1 heterocycles. The molecule has 0 unspecified atom stereocenters. The number of benzene rings is 1. The van der Waals surface area contributed by atoms with Crippen LogP contribution in [0.15, 0.2) is 35.7 Å². The molecule has 0 spiro atoms. The van der Waals surface area contributed by atoms with Gasteiger partial charge in [-0.2, -0.15) is 5.26 Å². The number of aliphatic hydroxyl groups excluding tert-OH is 1. The fourth-order valence-electron chi connectivity index (χ4n) is 1.47. The molecule has 3 nitrogen and oxygen atoms in total. The van der Waals surface area contributed by atoms with Gasteiger partial charge in [0.05, 0.1) is 16.5 Å². The number of hydrogen-bond donors (Lipinski definition) is 1. The number of nitrogens with zero attached hydrogens (tertiary/aromatic N) is 1. The van der Waals surface area contributed by atoms with E-state index in [9.17, 15) is 0 Å². The van der Waals surface area contributed by atoms with Crippen LogP contribution in [0.4, 0.5) is 0 Å². The second kappa shape index (κ2) is 6.61. The first-order chi connectivity index (χ1) is 9.33. The van der Waals surface area contributed by atoms with Gasteiger partial charge in [0.25, 0.3) is 0 Å². The predicted octanol–water partition coefficient (Wildman–Crippen LogP) is 2.54. The summed E-state index contributed by atoms with van der Waals surface area (Å²) in [5, 5.41) is 19.3. The molecule has 0 fully saturated rings. The first kappa shape index (κ1) is 13.2. The Kier molecular flexibility index (Phi) is 4.58. The van der Waals surface area contributed by atoms with Crippen LogP contribution in [0.3, 0.4) is 0 Å². The number of rotatable bonds is 3. The molecule has 0 aliphatic carbocycles. The van der Waals surface area contributed by atoms with Crippen LogP contribution in [-0.4, -0.2) is 11.7 Å². The summed E-state index contributed by atoms with van der Waals surface area (Å²) < 4.78 is 5.64. The van der Waals surface area contributed by atoms with Gasteiger partial charge in [-0.15, -0.1) is 11.3 Å². The summed E-state index contributed by atoms with van der Waals surface area (Å²) in [7, 11) is 0. The minimum Gasteiger partial charge on any atom is -0.488 e. The van der Waals surface area contributed by atoms with E-state index in [-0.39, 0.29) is 6.61 Å². The van der Waals surface area contributed by atoms with E-state index in [1.807, 2.05) is 11.4 Å². The van der Waals surface area contributed by atoms with Crippen LogP contribution in [-0.2, 0) is 6.61 Å². The maximum absolute atomic E-state index is 8.70. The van der Waals surface area contributed by atoms with E-state index in [0.29, 0.717) is 17.9 Å². The fourth-order valence-corrected chi connectivity index (χ4v) is 2.21. The van der Waals surface area contributed by atoms with Gasteiger partial charge in [0.1, 0.15) is 19.0 Å². The third-order valence-electron chi connectivity index (χ3n) is 2.40. The molecule has 0 saturated heterocycles. The SMILES string of the molecule is N#Cc1ccc(OCc2sccc2C#CCO)cc1. The largest absolute Gasteiger partial charge is 0.488 e. The molecule has 0 saturated carbocycles. The van der Waals surface area contributed by atoms with Gasteiger partial charge in [-0.05, 0) is 35.7 Å². The number of thiophene rings is 1. The van der Waals surface area contributed by atoms with E-state index in [2.05, 4.69) is 17.9 Å². The standard InChI is InChI=1S/C15H11NO2S/c16-10-12-3-5-14(6-4-12)18-11-15-13(2-1-8-17)7-9-19-15/h3-7,9,17H,8,11H2. The van der Waals surface area contributed by atoms with Crippen molar-refractivity contribution in [2.75, 3.05) is 6.61 Å². The molecule has 0 radical (unpaired) electrons. The van der Waals surface area contributed by atoms with Crippen molar-refractivity contribution in [3.05, 3.63) is 51.7 Å². The van der Waals surface area contributed by atoms with Crippen molar-refractivity contribution < 1.29 is 9.84 Å². The van der Waals surface area contributed by atoms with Crippen molar-refractivity contribution in [3.8, 4) is 23.7 Å². The third kappa shape index (κ3) is 3.59. The smallest absolute Gasteiger partial charge is 0.124 e. The van der Waals surface area contributed by atoms with E-state index < -0.39 is 0 Å². The highest BCUT2D eigenvalue weighted by molar-refractivity contribution is 7.10. The highest BCUT2D eigenvalue weighted by Gasteiger charge is 2.03. The van der Waals surface area contributed by atoms with Crippen molar-refractivity contribution >= 4 is 11.3 Å². The van der Waals surface area contributed by atoms with Gasteiger partial charge in [-0.25, -0.2) is 0 Å². The lowest BCUT2D eigenvalue weighted by molar-refractivity contribution is 0.309. The number of aliphatic hydroxyl groups is 1. The van der Waals surface area contributed by atoms with E-state index in [0.717, 1.165) is 10.4 Å². The summed E-state index contributed by atoms with van der Waals surface area (Å²) in [6.45, 7) is 0.283. The lowest BCUT2D eigenvalue weighted by Gasteiger charge is -2.04. The first-order valence-electron chi connectivity index (χ1n) is 5.62. The molecule has 0 bridgehead atoms. The van der Waals surface area contributed by atoms with E-state index >= 15 is 0 Å². The second-order valence-electron chi connectivity index (χ2n) is 3.64. The normalized spacial score (nSPS) is 9.26. The maximum Gasteiger partial charge on any atom is 0.124 e. The quantitative estimate of drug-likeness (QED) is 0.871. The van der Waals surface area contributed by atoms with Gasteiger partial charge in [0, 0.05) is 5.56 Å². The number of hydrogen-bond acceptors (Lipinski definition) is 4. The van der Waals surface area contributed by atoms with Crippen LogP contribution in [0.2, 0.25) is 0 Å². The Bertz CT molecular complexity index is 641. The highest BCUT2D eigenvalue weighted by atomic mass is 32.1. The molecule has 0 atom stereocenters. The van der Waals surface area contributed by atoms with Crippen LogP contribution < -0.4 is 4.74 Å². The minimum atomic E-state index is -0.147. The van der Waals surface area contributed by atoms with Crippen molar-refractivity contribution in [1.29, 1.82) is 5.26 Å². The van der Waals surface area contributed by atoms with Crippen molar-refractivity contribution in [1.82, 2.24) is 0 Å². The van der Waals surface area contributed by atoms with Gasteiger partial charge in [-0.1, -0.05) is 11.8 Å². The van der Waals surface area contributed by atoms with E-state index in [1.54, 1.807) is 35.6 Å². The summed E-state index contributed by atoms with van der Waals surface area (Å²) in [4.78, 5) is 1.02. The minimum absolute atomic E-state index is 0.147. The Morgan fingerprint density at radius 3 is 2.68 bits per heavy atom. The van der Waals surface area contributed by atoms with Crippen molar-refractivity contribution in [2.24, 2.45) is 0 Å². The predicted molar refractivity (Wildman–Crippen MR) is 73.8 cm³/mol. The van der Waals surface area contributed by atoms with Gasteiger partial charge in [0.15, 0.2) is 0 Å². The van der Waals surface area contributed by atoms with Crippen LogP contribution in [0.1, 0.15) is 16.0 Å². The molecule has 94 valence electrons.